The zero-order valence-electron chi connectivity index (χ0n) is 52.8. The highest BCUT2D eigenvalue weighted by Gasteiger charge is 2.41. The number of anilines is 8. The van der Waals surface area contributed by atoms with Crippen LogP contribution < -0.4 is 41.0 Å². The summed E-state index contributed by atoms with van der Waals surface area (Å²) in [6.07, 6.45) is 20.5. The van der Waals surface area contributed by atoms with Crippen molar-refractivity contribution in [2.45, 2.75) is 44.2 Å². The number of nitrogen functional groups attached to an aromatic ring is 1. The highest BCUT2D eigenvalue weighted by molar-refractivity contribution is 6.63. The van der Waals surface area contributed by atoms with E-state index in [0.717, 1.165) is 110 Å². The molecule has 4 aliphatic heterocycles. The number of nitrogens with zero attached hydrogens (tertiary/aromatic N) is 12. The van der Waals surface area contributed by atoms with Crippen LogP contribution in [0.25, 0.3) is 67.2 Å². The van der Waals surface area contributed by atoms with Gasteiger partial charge in [-0.25, -0.2) is 29.9 Å². The summed E-state index contributed by atoms with van der Waals surface area (Å²) in [5.41, 5.74) is 18.6. The summed E-state index contributed by atoms with van der Waals surface area (Å²) in [6.45, 7) is 12.0. The Morgan fingerprint density at radius 2 is 1.09 bits per heavy atom. The van der Waals surface area contributed by atoms with E-state index in [1.165, 1.54) is 30.0 Å². The average Bonchev–Trinajstić information content (AvgIpc) is 1.58. The van der Waals surface area contributed by atoms with Crippen LogP contribution in [0.15, 0.2) is 144 Å². The summed E-state index contributed by atoms with van der Waals surface area (Å²) in [6, 6.07) is 25.7. The Kier molecular flexibility index (Phi) is 17.5. The third-order valence-electron chi connectivity index (χ3n) is 18.7. The number of benzene rings is 4. The molecule has 0 spiro atoms. The molecule has 2 aliphatic carbocycles. The van der Waals surface area contributed by atoms with Gasteiger partial charge in [0, 0.05) is 147 Å². The molecule has 6 aromatic heterocycles. The normalized spacial score (nSPS) is 19.1. The van der Waals surface area contributed by atoms with Crippen molar-refractivity contribution in [3.8, 4) is 56.9 Å². The molecule has 1 amide bonds. The van der Waals surface area contributed by atoms with E-state index in [4.69, 9.17) is 57.2 Å². The number of likely N-dealkylation sites (tertiary alicyclic amines) is 2. The van der Waals surface area contributed by atoms with E-state index in [9.17, 15) is 9.59 Å². The number of nitrogens with two attached hydrogens (primary N) is 1. The van der Waals surface area contributed by atoms with Crippen LogP contribution in [0.5, 0.6) is 11.5 Å². The fourth-order valence-electron chi connectivity index (χ4n) is 14.1. The summed E-state index contributed by atoms with van der Waals surface area (Å²) in [5, 5.41) is 11.7. The predicted octanol–water partition coefficient (Wildman–Crippen LogP) is 12.8. The topological polar surface area (TPSA) is 241 Å². The molecule has 22 nitrogen and oxygen atoms in total. The van der Waals surface area contributed by atoms with Gasteiger partial charge in [-0.05, 0) is 105 Å². The summed E-state index contributed by atoms with van der Waals surface area (Å²) in [7, 11) is 7.71. The zero-order chi connectivity index (χ0) is 64.7. The van der Waals surface area contributed by atoms with Crippen molar-refractivity contribution in [1.82, 2.24) is 48.8 Å². The first-order chi connectivity index (χ1) is 45.8. The highest BCUT2D eigenvalue weighted by atomic mass is 35.5. The van der Waals surface area contributed by atoms with Gasteiger partial charge in [-0.15, -0.1) is 11.6 Å². The first-order valence-corrected chi connectivity index (χ1v) is 32.7. The van der Waals surface area contributed by atoms with E-state index >= 15 is 0 Å². The standard InChI is InChI=1S/C35H36N8O3.C32H34N8O2.C3H4Cl2O/c1-4-32(44)38-27-13-28(31(45-3)14-30(27)42-18-21-16-41(2)17-22(21)19-42)39-35-37-15-25(34-36-11-12-46-34)33(40-35)26-20-43(23-9-10-23)29-8-6-5-7-24(26)29;1-38-14-19-16-39(17-20(19)15-38)28-12-29(41-2)26(11-25(28)33)36-32-35-13-23(31-34-9-10-42-31)30(37-32)24-18-40(21-7-8-21)27-6-4-3-5-22(24)27;4-2-1-3(5)6/h4-8,11-15,20-23H,1,9-10,16-19H2,2-3H3,(H,38,44)(H,37,39,40);3-6,9-13,18-21H,7-8,14-17,33H2,1-2H3,(H,35,36,37);1-2H2/t21-,22+;19-,20+;. The van der Waals surface area contributed by atoms with Crippen LogP contribution in [0.2, 0.25) is 0 Å². The van der Waals surface area contributed by atoms with Crippen molar-refractivity contribution in [3.63, 3.8) is 0 Å². The van der Waals surface area contributed by atoms with Crippen LogP contribution in [0, 0.1) is 23.7 Å². The molecule has 4 atom stereocenters. The van der Waals surface area contributed by atoms with Crippen molar-refractivity contribution >= 4 is 102 Å². The number of ether oxygens (including phenoxy) is 2. The van der Waals surface area contributed by atoms with Gasteiger partial charge in [-0.3, -0.25) is 9.59 Å². The van der Waals surface area contributed by atoms with E-state index < -0.39 is 0 Å². The fourth-order valence-corrected chi connectivity index (χ4v) is 14.5. The van der Waals surface area contributed by atoms with Gasteiger partial charge in [0.1, 0.15) is 24.0 Å². The number of oxazole rings is 2. The number of hydrogen-bond donors (Lipinski definition) is 4. The number of fused-ring (bicyclic) bond motifs is 4. The predicted molar refractivity (Wildman–Crippen MR) is 369 cm³/mol. The average molecular weight is 1310 g/mol. The number of aromatic nitrogens is 8. The number of para-hydroxylation sites is 2. The van der Waals surface area contributed by atoms with Crippen LogP contribution in [-0.2, 0) is 9.59 Å². The molecular weight excluding hydrogens is 1230 g/mol. The monoisotopic (exact) mass is 1300 g/mol. The Balaban J connectivity index is 0.000000150. The van der Waals surface area contributed by atoms with E-state index in [1.54, 1.807) is 51.5 Å². The molecule has 6 aliphatic rings. The maximum atomic E-state index is 12.6. The maximum absolute atomic E-state index is 12.6. The molecule has 16 rings (SSSR count). The van der Waals surface area contributed by atoms with Gasteiger partial charge in [0.05, 0.1) is 83.3 Å². The number of hydrogen-bond acceptors (Lipinski definition) is 19. The second-order valence-electron chi connectivity index (χ2n) is 25.2. The van der Waals surface area contributed by atoms with Crippen molar-refractivity contribution in [3.05, 3.63) is 135 Å². The molecule has 0 bridgehead atoms. The van der Waals surface area contributed by atoms with Gasteiger partial charge >= 0.3 is 0 Å². The lowest BCUT2D eigenvalue weighted by atomic mass is 10.0. The molecule has 5 N–H and O–H groups in total. The number of rotatable bonds is 18. The quantitative estimate of drug-likeness (QED) is 0.0270. The van der Waals surface area contributed by atoms with Crippen molar-refractivity contribution in [1.29, 1.82) is 0 Å². The molecule has 0 radical (unpaired) electrons. The van der Waals surface area contributed by atoms with E-state index in [2.05, 4.69) is 140 Å². The van der Waals surface area contributed by atoms with Gasteiger partial charge in [-0.2, -0.15) is 0 Å². The molecule has 6 fully saturated rings. The fraction of sp³-hybridized carbons (Fsp3) is 0.343. The van der Waals surface area contributed by atoms with Gasteiger partial charge in [0.2, 0.25) is 34.8 Å². The molecule has 2 saturated carbocycles. The summed E-state index contributed by atoms with van der Waals surface area (Å²) in [4.78, 5) is 60.1. The van der Waals surface area contributed by atoms with Gasteiger partial charge in [0.15, 0.2) is 0 Å². The minimum atomic E-state index is -0.370. The number of carbonyl (C=O) groups excluding carboxylic acids is 2. The maximum Gasteiger partial charge on any atom is 0.247 e. The number of amides is 1. The SMILES string of the molecule is C=CC(=O)Nc1cc(Nc2ncc(-c3ncco3)c(-c3cn(C4CC4)c4ccccc34)n2)c(OC)cc1N1C[C@H]2CN(C)C[C@H]2C1.COc1cc(N2C[C@H]3CN(C)C[C@H]3C2)c(N)cc1Nc1ncc(-c2ncco2)c(-c2cn(C3CC3)c3ccccc23)n1.O=C(Cl)CCCl. The van der Waals surface area contributed by atoms with Crippen molar-refractivity contribution in [2.75, 3.05) is 118 Å². The lowest BCUT2D eigenvalue weighted by molar-refractivity contribution is -0.112. The van der Waals surface area contributed by atoms with E-state index in [1.807, 2.05) is 30.3 Å². The van der Waals surface area contributed by atoms with Crippen molar-refractivity contribution in [2.24, 2.45) is 23.7 Å². The van der Waals surface area contributed by atoms with Crippen LogP contribution in [0.4, 0.5) is 46.0 Å². The third-order valence-corrected chi connectivity index (χ3v) is 19.1. The van der Waals surface area contributed by atoms with E-state index in [0.29, 0.717) is 111 Å². The number of nitrogens with one attached hydrogen (secondary N) is 3. The Hall–Kier alpha value is -9.48. The largest absolute Gasteiger partial charge is 0.494 e. The summed E-state index contributed by atoms with van der Waals surface area (Å²) < 4.78 is 27.9. The first-order valence-electron chi connectivity index (χ1n) is 31.8. The summed E-state index contributed by atoms with van der Waals surface area (Å²) >= 11 is 9.95. The first kappa shape index (κ1) is 62.0. The van der Waals surface area contributed by atoms with Crippen molar-refractivity contribution < 1.29 is 27.9 Å². The van der Waals surface area contributed by atoms with Crippen LogP contribution in [0.1, 0.15) is 44.2 Å². The van der Waals surface area contributed by atoms with E-state index in [-0.39, 0.29) is 17.6 Å². The number of halogens is 2. The van der Waals surface area contributed by atoms with Crippen LogP contribution in [-0.4, -0.2) is 147 Å². The lowest BCUT2D eigenvalue weighted by Crippen LogP contribution is -2.27. The third kappa shape index (κ3) is 12.7. The molecule has 10 heterocycles. The summed E-state index contributed by atoms with van der Waals surface area (Å²) in [5.74, 6) is 5.64. The lowest BCUT2D eigenvalue weighted by Gasteiger charge is -2.26. The minimum Gasteiger partial charge on any atom is -0.494 e. The minimum absolute atomic E-state index is 0.267. The second-order valence-corrected chi connectivity index (χ2v) is 26.0. The van der Waals surface area contributed by atoms with Gasteiger partial charge < -0.3 is 68.7 Å². The Morgan fingerprint density at radius 1 is 0.628 bits per heavy atom. The Labute approximate surface area is 554 Å². The second kappa shape index (κ2) is 26.5. The molecular formula is C70H74Cl2N16O6. The van der Waals surface area contributed by atoms with Gasteiger partial charge in [-0.1, -0.05) is 43.0 Å². The van der Waals surface area contributed by atoms with Crippen LogP contribution >= 0.6 is 23.2 Å². The molecule has 10 aromatic rings. The Morgan fingerprint density at radius 3 is 1.50 bits per heavy atom. The molecule has 484 valence electrons. The zero-order valence-corrected chi connectivity index (χ0v) is 54.4. The van der Waals surface area contributed by atoms with Crippen LogP contribution in [0.3, 0.4) is 0 Å². The number of methoxy groups -OCH3 is 2. The molecule has 94 heavy (non-hydrogen) atoms. The smallest absolute Gasteiger partial charge is 0.247 e. The number of alkyl halides is 1. The molecule has 0 unspecified atom stereocenters. The molecule has 4 saturated heterocycles. The molecule has 4 aromatic carbocycles. The molecule has 24 heteroatoms. The van der Waals surface area contributed by atoms with Gasteiger partial charge in [0.25, 0.3) is 0 Å². The number of carbonyl (C=O) groups is 2. The Bertz CT molecular complexity index is 4410. The highest BCUT2D eigenvalue weighted by Crippen LogP contribution is 2.48.